The molecule has 0 amide bonds. The van der Waals surface area contributed by atoms with E-state index >= 15 is 0 Å². The van der Waals surface area contributed by atoms with Gasteiger partial charge in [-0.05, 0) is 18.2 Å². The molecule has 5 nitrogen and oxygen atoms in total. The van der Waals surface area contributed by atoms with Gasteiger partial charge in [-0.2, -0.15) is 0 Å². The van der Waals surface area contributed by atoms with Gasteiger partial charge >= 0.3 is 5.97 Å². The highest BCUT2D eigenvalue weighted by atomic mass is 35.5. The molecule has 0 saturated carbocycles. The quantitative estimate of drug-likeness (QED) is 0.847. The number of hydrogen-bond donors (Lipinski definition) is 1. The molecule has 94 valence electrons. The minimum atomic E-state index is -0.686. The first-order chi connectivity index (χ1) is 8.54. The van der Waals surface area contributed by atoms with E-state index in [1.165, 1.54) is 36.2 Å². The number of rotatable bonds is 2. The van der Waals surface area contributed by atoms with E-state index in [1.807, 2.05) is 0 Å². The van der Waals surface area contributed by atoms with Crippen molar-refractivity contribution >= 4 is 23.4 Å². The molecule has 0 saturated heterocycles. The molecule has 0 aliphatic rings. The number of nitrogen functional groups attached to an aromatic ring is 1. The van der Waals surface area contributed by atoms with Crippen LogP contribution >= 0.6 is 11.6 Å². The van der Waals surface area contributed by atoms with Crippen molar-refractivity contribution in [2.24, 2.45) is 0 Å². The first-order valence-corrected chi connectivity index (χ1v) is 5.29. The summed E-state index contributed by atoms with van der Waals surface area (Å²) in [6, 6.07) is 4.00. The predicted octanol–water partition coefficient (Wildman–Crippen LogP) is 2.03. The average molecular weight is 270 g/mol. The van der Waals surface area contributed by atoms with Gasteiger partial charge in [0.05, 0.1) is 12.8 Å². The van der Waals surface area contributed by atoms with Gasteiger partial charge in [-0.15, -0.1) is 0 Å². The van der Waals surface area contributed by atoms with Gasteiger partial charge in [0.2, 0.25) is 0 Å². The highest BCUT2D eigenvalue weighted by molar-refractivity contribution is 6.30. The van der Waals surface area contributed by atoms with E-state index in [2.05, 4.69) is 9.72 Å². The molecule has 0 aliphatic carbocycles. The zero-order valence-corrected chi connectivity index (χ0v) is 10.1. The lowest BCUT2D eigenvalue weighted by Gasteiger charge is -2.07. The zero-order valence-electron chi connectivity index (χ0n) is 9.35. The maximum absolute atomic E-state index is 13.6. The molecule has 0 unspecified atom stereocenters. The fraction of sp³-hybridized carbons (Fsp3) is 0.0909. The Bertz CT molecular complexity index is 612. The van der Waals surface area contributed by atoms with E-state index < -0.39 is 11.8 Å². The third-order valence-corrected chi connectivity index (χ3v) is 2.59. The zero-order chi connectivity index (χ0) is 13.3. The summed E-state index contributed by atoms with van der Waals surface area (Å²) < 4.78 is 19.4. The number of imidazole rings is 1. The van der Waals surface area contributed by atoms with Crippen molar-refractivity contribution < 1.29 is 13.9 Å². The Labute approximate surface area is 107 Å². The minimum absolute atomic E-state index is 0.0111. The van der Waals surface area contributed by atoms with Crippen molar-refractivity contribution in [2.45, 2.75) is 0 Å². The maximum Gasteiger partial charge on any atom is 0.360 e. The van der Waals surface area contributed by atoms with Crippen LogP contribution in [0.1, 0.15) is 10.5 Å². The molecular weight excluding hydrogens is 261 g/mol. The summed E-state index contributed by atoms with van der Waals surface area (Å²) >= 11 is 5.78. The fourth-order valence-corrected chi connectivity index (χ4v) is 1.64. The molecule has 1 aromatic carbocycles. The Morgan fingerprint density at radius 1 is 1.56 bits per heavy atom. The number of carbonyl (C=O) groups excluding carboxylic acids is 1. The van der Waals surface area contributed by atoms with E-state index in [-0.39, 0.29) is 17.2 Å². The average Bonchev–Trinajstić information content (AvgIpc) is 2.73. The second-order valence-corrected chi connectivity index (χ2v) is 3.87. The SMILES string of the molecule is COC(=O)c1ncn(-c2cc(Cl)ccc2F)c1N. The fourth-order valence-electron chi connectivity index (χ4n) is 1.47. The van der Waals surface area contributed by atoms with E-state index in [9.17, 15) is 9.18 Å². The van der Waals surface area contributed by atoms with Crippen LogP contribution in [0.3, 0.4) is 0 Å². The number of anilines is 1. The van der Waals surface area contributed by atoms with Gasteiger partial charge in [0.25, 0.3) is 0 Å². The molecule has 1 aromatic heterocycles. The van der Waals surface area contributed by atoms with Gasteiger partial charge in [0.1, 0.15) is 18.0 Å². The topological polar surface area (TPSA) is 70.1 Å². The number of benzene rings is 1. The lowest BCUT2D eigenvalue weighted by Crippen LogP contribution is -2.08. The Morgan fingerprint density at radius 2 is 2.28 bits per heavy atom. The monoisotopic (exact) mass is 269 g/mol. The van der Waals surface area contributed by atoms with Gasteiger partial charge < -0.3 is 10.5 Å². The smallest absolute Gasteiger partial charge is 0.360 e. The van der Waals surface area contributed by atoms with Crippen molar-refractivity contribution in [1.82, 2.24) is 9.55 Å². The number of esters is 1. The van der Waals surface area contributed by atoms with Gasteiger partial charge in [-0.3, -0.25) is 4.57 Å². The first-order valence-electron chi connectivity index (χ1n) is 4.91. The van der Waals surface area contributed by atoms with E-state index in [1.54, 1.807) is 0 Å². The number of aromatic nitrogens is 2. The molecule has 18 heavy (non-hydrogen) atoms. The number of hydrogen-bond acceptors (Lipinski definition) is 4. The summed E-state index contributed by atoms with van der Waals surface area (Å²) in [7, 11) is 1.21. The van der Waals surface area contributed by atoms with Crippen molar-refractivity contribution in [3.05, 3.63) is 41.1 Å². The Morgan fingerprint density at radius 3 is 2.94 bits per heavy atom. The molecule has 2 rings (SSSR count). The van der Waals surface area contributed by atoms with Crippen molar-refractivity contribution in [2.75, 3.05) is 12.8 Å². The van der Waals surface area contributed by atoms with E-state index in [0.717, 1.165) is 0 Å². The van der Waals surface area contributed by atoms with Crippen LogP contribution in [-0.2, 0) is 4.74 Å². The van der Waals surface area contributed by atoms with Crippen LogP contribution in [0.5, 0.6) is 0 Å². The molecule has 0 radical (unpaired) electrons. The van der Waals surface area contributed by atoms with Crippen LogP contribution in [0.2, 0.25) is 5.02 Å². The largest absolute Gasteiger partial charge is 0.464 e. The van der Waals surface area contributed by atoms with Crippen LogP contribution in [0, 0.1) is 5.82 Å². The van der Waals surface area contributed by atoms with Gasteiger partial charge in [-0.1, -0.05) is 11.6 Å². The van der Waals surface area contributed by atoms with Crippen LogP contribution < -0.4 is 5.73 Å². The molecule has 0 spiro atoms. The number of halogens is 2. The number of nitrogens with two attached hydrogens (primary N) is 1. The molecule has 0 fully saturated rings. The number of carbonyl (C=O) groups is 1. The summed E-state index contributed by atoms with van der Waals surface area (Å²) in [6.07, 6.45) is 1.23. The highest BCUT2D eigenvalue weighted by Gasteiger charge is 2.18. The van der Waals surface area contributed by atoms with Crippen LogP contribution in [0.4, 0.5) is 10.2 Å². The summed E-state index contributed by atoms with van der Waals surface area (Å²) in [5, 5.41) is 0.346. The third-order valence-electron chi connectivity index (χ3n) is 2.35. The Kier molecular flexibility index (Phi) is 3.20. The molecule has 0 atom stereocenters. The normalized spacial score (nSPS) is 10.4. The molecule has 1 heterocycles. The second-order valence-electron chi connectivity index (χ2n) is 3.44. The van der Waals surface area contributed by atoms with Crippen molar-refractivity contribution in [3.8, 4) is 5.69 Å². The molecule has 7 heteroatoms. The Balaban J connectivity index is 2.55. The highest BCUT2D eigenvalue weighted by Crippen LogP contribution is 2.23. The summed E-state index contributed by atoms with van der Waals surface area (Å²) in [5.41, 5.74) is 5.76. The van der Waals surface area contributed by atoms with Gasteiger partial charge in [0.15, 0.2) is 5.69 Å². The summed E-state index contributed by atoms with van der Waals surface area (Å²) in [6.45, 7) is 0. The van der Waals surface area contributed by atoms with Crippen LogP contribution in [-0.4, -0.2) is 22.6 Å². The second kappa shape index (κ2) is 4.66. The molecule has 0 aliphatic heterocycles. The van der Waals surface area contributed by atoms with Crippen molar-refractivity contribution in [1.29, 1.82) is 0 Å². The lowest BCUT2D eigenvalue weighted by molar-refractivity contribution is 0.0596. The lowest BCUT2D eigenvalue weighted by atomic mass is 10.3. The number of methoxy groups -OCH3 is 1. The van der Waals surface area contributed by atoms with Gasteiger partial charge in [-0.25, -0.2) is 14.2 Å². The van der Waals surface area contributed by atoms with Crippen LogP contribution in [0.25, 0.3) is 5.69 Å². The standard InChI is InChI=1S/C11H9ClFN3O2/c1-18-11(17)9-10(14)16(5-15-9)8-4-6(12)2-3-7(8)13/h2-5H,14H2,1H3. The van der Waals surface area contributed by atoms with Gasteiger partial charge in [0, 0.05) is 5.02 Å². The predicted molar refractivity (Wildman–Crippen MR) is 64.3 cm³/mol. The van der Waals surface area contributed by atoms with E-state index in [0.29, 0.717) is 5.02 Å². The van der Waals surface area contributed by atoms with Crippen LogP contribution in [0.15, 0.2) is 24.5 Å². The molecule has 2 N–H and O–H groups in total. The summed E-state index contributed by atoms with van der Waals surface area (Å²) in [4.78, 5) is 15.1. The Hall–Kier alpha value is -2.08. The minimum Gasteiger partial charge on any atom is -0.464 e. The molecule has 0 bridgehead atoms. The number of nitrogens with zero attached hydrogens (tertiary/aromatic N) is 2. The summed E-state index contributed by atoms with van der Waals surface area (Å²) in [5.74, 6) is -1.23. The maximum atomic E-state index is 13.6. The molecule has 2 aromatic rings. The molecular formula is C11H9ClFN3O2. The third kappa shape index (κ3) is 2.02. The number of ether oxygens (including phenoxy) is 1. The first kappa shape index (κ1) is 12.4. The van der Waals surface area contributed by atoms with E-state index in [4.69, 9.17) is 17.3 Å². The van der Waals surface area contributed by atoms with Crippen molar-refractivity contribution in [3.63, 3.8) is 0 Å².